The van der Waals surface area contributed by atoms with Gasteiger partial charge in [-0.1, -0.05) is 30.1 Å². The fraction of sp³-hybridized carbons (Fsp3) is 0.200. The predicted octanol–water partition coefficient (Wildman–Crippen LogP) is 3.09. The van der Waals surface area contributed by atoms with Gasteiger partial charge in [0.2, 0.25) is 0 Å². The van der Waals surface area contributed by atoms with Crippen molar-refractivity contribution in [3.8, 4) is 11.5 Å². The zero-order valence-corrected chi connectivity index (χ0v) is 13.4. The maximum atomic E-state index is 12.3. The van der Waals surface area contributed by atoms with Gasteiger partial charge in [0.1, 0.15) is 15.8 Å². The number of carbonyl (C=O) groups is 1. The van der Waals surface area contributed by atoms with Gasteiger partial charge in [0.15, 0.2) is 0 Å². The number of ether oxygens (including phenoxy) is 2. The molecule has 1 aliphatic heterocycles. The lowest BCUT2D eigenvalue weighted by atomic mass is 10.1. The summed E-state index contributed by atoms with van der Waals surface area (Å²) in [5.41, 5.74) is 0.803. The summed E-state index contributed by atoms with van der Waals surface area (Å²) in [6.07, 6.45) is 3.43. The zero-order valence-electron chi connectivity index (χ0n) is 11.8. The number of benzene rings is 1. The Morgan fingerprint density at radius 1 is 1.38 bits per heavy atom. The van der Waals surface area contributed by atoms with E-state index in [4.69, 9.17) is 21.7 Å². The number of hydrogen-bond acceptors (Lipinski definition) is 5. The van der Waals surface area contributed by atoms with Crippen molar-refractivity contribution in [3.63, 3.8) is 0 Å². The number of thioether (sulfide) groups is 1. The van der Waals surface area contributed by atoms with E-state index in [0.717, 1.165) is 5.56 Å². The van der Waals surface area contributed by atoms with Crippen molar-refractivity contribution in [2.24, 2.45) is 0 Å². The normalized spacial score (nSPS) is 16.5. The van der Waals surface area contributed by atoms with Gasteiger partial charge in [-0.3, -0.25) is 9.69 Å². The van der Waals surface area contributed by atoms with Gasteiger partial charge in [0.05, 0.1) is 19.1 Å². The average Bonchev–Trinajstić information content (AvgIpc) is 2.75. The first-order valence-corrected chi connectivity index (χ1v) is 7.41. The summed E-state index contributed by atoms with van der Waals surface area (Å²) >= 11 is 6.49. The van der Waals surface area contributed by atoms with Gasteiger partial charge in [0, 0.05) is 18.2 Å². The minimum Gasteiger partial charge on any atom is -0.497 e. The van der Waals surface area contributed by atoms with Gasteiger partial charge in [-0.2, -0.15) is 0 Å². The van der Waals surface area contributed by atoms with E-state index in [1.165, 1.54) is 16.7 Å². The van der Waals surface area contributed by atoms with E-state index in [1.54, 1.807) is 32.4 Å². The molecule has 1 fully saturated rings. The Morgan fingerprint density at radius 3 is 2.76 bits per heavy atom. The third kappa shape index (κ3) is 3.28. The highest BCUT2D eigenvalue weighted by Gasteiger charge is 2.31. The van der Waals surface area contributed by atoms with Gasteiger partial charge >= 0.3 is 0 Å². The molecule has 21 heavy (non-hydrogen) atoms. The van der Waals surface area contributed by atoms with Crippen LogP contribution in [0, 0.1) is 0 Å². The zero-order chi connectivity index (χ0) is 15.4. The molecule has 0 aliphatic carbocycles. The van der Waals surface area contributed by atoms with Crippen molar-refractivity contribution in [3.05, 3.63) is 41.3 Å². The molecular weight excluding hydrogens is 306 g/mol. The van der Waals surface area contributed by atoms with Crippen LogP contribution in [0.2, 0.25) is 0 Å². The lowest BCUT2D eigenvalue weighted by Crippen LogP contribution is -2.27. The molecule has 1 saturated heterocycles. The summed E-state index contributed by atoms with van der Waals surface area (Å²) in [7, 11) is 3.17. The standard InChI is InChI=1S/C15H15NO3S2/c1-4-7-16-14(17)13(21-15(16)20)8-10-5-6-11(18-2)9-12(10)19-3/h4-6,8-9H,1,7H2,2-3H3/b13-8+. The van der Waals surface area contributed by atoms with Crippen LogP contribution in [-0.4, -0.2) is 35.9 Å². The van der Waals surface area contributed by atoms with Crippen molar-refractivity contribution in [1.29, 1.82) is 0 Å². The molecule has 0 unspecified atom stereocenters. The van der Waals surface area contributed by atoms with Crippen LogP contribution in [0.4, 0.5) is 0 Å². The van der Waals surface area contributed by atoms with Gasteiger partial charge < -0.3 is 9.47 Å². The predicted molar refractivity (Wildman–Crippen MR) is 89.6 cm³/mol. The molecule has 6 heteroatoms. The van der Waals surface area contributed by atoms with Crippen LogP contribution in [0.5, 0.6) is 11.5 Å². The third-order valence-corrected chi connectivity index (χ3v) is 4.29. The molecule has 0 aromatic heterocycles. The molecule has 1 aliphatic rings. The van der Waals surface area contributed by atoms with Crippen LogP contribution in [0.3, 0.4) is 0 Å². The summed E-state index contributed by atoms with van der Waals surface area (Å²) in [5, 5.41) is 0. The van der Waals surface area contributed by atoms with E-state index in [-0.39, 0.29) is 5.91 Å². The first-order chi connectivity index (χ1) is 10.1. The van der Waals surface area contributed by atoms with Gasteiger partial charge in [0.25, 0.3) is 5.91 Å². The molecule has 1 aromatic carbocycles. The fourth-order valence-corrected chi connectivity index (χ4v) is 3.13. The quantitative estimate of drug-likeness (QED) is 0.473. The number of rotatable bonds is 5. The number of amides is 1. The molecule has 1 amide bonds. The fourth-order valence-electron chi connectivity index (χ4n) is 1.87. The molecule has 0 saturated carbocycles. The van der Waals surface area contributed by atoms with E-state index < -0.39 is 0 Å². The Morgan fingerprint density at radius 2 is 2.14 bits per heavy atom. The molecule has 0 N–H and O–H groups in total. The Labute approximate surface area is 133 Å². The SMILES string of the molecule is C=CCN1C(=O)/C(=C\c2ccc(OC)cc2OC)SC1=S. The highest BCUT2D eigenvalue weighted by molar-refractivity contribution is 8.26. The number of methoxy groups -OCH3 is 2. The van der Waals surface area contributed by atoms with E-state index in [1.807, 2.05) is 12.1 Å². The average molecular weight is 321 g/mol. The van der Waals surface area contributed by atoms with Crippen LogP contribution < -0.4 is 9.47 Å². The van der Waals surface area contributed by atoms with Crippen molar-refractivity contribution in [2.75, 3.05) is 20.8 Å². The van der Waals surface area contributed by atoms with Gasteiger partial charge in [-0.25, -0.2) is 0 Å². The molecule has 4 nitrogen and oxygen atoms in total. The summed E-state index contributed by atoms with van der Waals surface area (Å²) in [6, 6.07) is 5.44. The number of nitrogens with zero attached hydrogens (tertiary/aromatic N) is 1. The van der Waals surface area contributed by atoms with Gasteiger partial charge in [-0.15, -0.1) is 6.58 Å². The first kappa shape index (κ1) is 15.6. The van der Waals surface area contributed by atoms with Crippen molar-refractivity contribution in [2.45, 2.75) is 0 Å². The lowest BCUT2D eigenvalue weighted by molar-refractivity contribution is -0.121. The molecule has 0 atom stereocenters. The molecule has 0 bridgehead atoms. The van der Waals surface area contributed by atoms with Crippen LogP contribution in [0.25, 0.3) is 6.08 Å². The molecule has 2 rings (SSSR count). The van der Waals surface area contributed by atoms with E-state index >= 15 is 0 Å². The highest BCUT2D eigenvalue weighted by Crippen LogP contribution is 2.35. The van der Waals surface area contributed by atoms with Crippen molar-refractivity contribution >= 4 is 40.3 Å². The summed E-state index contributed by atoms with van der Waals surface area (Å²) < 4.78 is 11.0. The Bertz CT molecular complexity index is 625. The number of carbonyl (C=O) groups excluding carboxylic acids is 1. The monoisotopic (exact) mass is 321 g/mol. The Hall–Kier alpha value is -1.79. The summed E-state index contributed by atoms with van der Waals surface area (Å²) in [4.78, 5) is 14.4. The van der Waals surface area contributed by atoms with Crippen molar-refractivity contribution < 1.29 is 14.3 Å². The second kappa shape index (κ2) is 6.78. The Balaban J connectivity index is 2.34. The third-order valence-electron chi connectivity index (χ3n) is 2.91. The smallest absolute Gasteiger partial charge is 0.266 e. The lowest BCUT2D eigenvalue weighted by Gasteiger charge is -2.10. The van der Waals surface area contributed by atoms with Gasteiger partial charge in [-0.05, 0) is 18.2 Å². The van der Waals surface area contributed by atoms with Crippen LogP contribution in [0.1, 0.15) is 5.56 Å². The van der Waals surface area contributed by atoms with Crippen LogP contribution in [0.15, 0.2) is 35.8 Å². The van der Waals surface area contributed by atoms with E-state index in [2.05, 4.69) is 6.58 Å². The van der Waals surface area contributed by atoms with Crippen LogP contribution in [-0.2, 0) is 4.79 Å². The molecule has 1 aromatic rings. The minimum absolute atomic E-state index is 0.109. The maximum Gasteiger partial charge on any atom is 0.266 e. The highest BCUT2D eigenvalue weighted by atomic mass is 32.2. The minimum atomic E-state index is -0.109. The second-order valence-electron chi connectivity index (χ2n) is 4.19. The largest absolute Gasteiger partial charge is 0.497 e. The van der Waals surface area contributed by atoms with Crippen molar-refractivity contribution in [1.82, 2.24) is 4.90 Å². The Kier molecular flexibility index (Phi) is 5.03. The topological polar surface area (TPSA) is 38.8 Å². The summed E-state index contributed by atoms with van der Waals surface area (Å²) in [6.45, 7) is 4.05. The first-order valence-electron chi connectivity index (χ1n) is 6.19. The van der Waals surface area contributed by atoms with E-state index in [0.29, 0.717) is 27.3 Å². The molecule has 1 heterocycles. The van der Waals surface area contributed by atoms with E-state index in [9.17, 15) is 4.79 Å². The maximum absolute atomic E-state index is 12.3. The number of thiocarbonyl (C=S) groups is 1. The second-order valence-corrected chi connectivity index (χ2v) is 5.86. The molecule has 110 valence electrons. The molecule has 0 spiro atoms. The van der Waals surface area contributed by atoms with Crippen LogP contribution >= 0.6 is 24.0 Å². The molecule has 0 radical (unpaired) electrons. The number of hydrogen-bond donors (Lipinski definition) is 0. The molecular formula is C15H15NO3S2. The summed E-state index contributed by atoms with van der Waals surface area (Å²) in [5.74, 6) is 1.23.